The van der Waals surface area contributed by atoms with E-state index < -0.39 is 12.0 Å². The van der Waals surface area contributed by atoms with Crippen molar-refractivity contribution in [2.45, 2.75) is 18.9 Å². The van der Waals surface area contributed by atoms with Gasteiger partial charge in [0.2, 0.25) is 5.95 Å². The summed E-state index contributed by atoms with van der Waals surface area (Å²) in [4.78, 5) is 14.0. The molecule has 6 heteroatoms. The van der Waals surface area contributed by atoms with E-state index in [-0.39, 0.29) is 11.8 Å². The van der Waals surface area contributed by atoms with Crippen LogP contribution in [0.25, 0.3) is 0 Å². The molecule has 2 N–H and O–H groups in total. The van der Waals surface area contributed by atoms with Gasteiger partial charge < -0.3 is 9.84 Å². The van der Waals surface area contributed by atoms with Crippen LogP contribution in [0.5, 0.6) is 0 Å². The Bertz CT molecular complexity index is 405. The van der Waals surface area contributed by atoms with Gasteiger partial charge in [0, 0.05) is 18.2 Å². The number of pyridine rings is 1. The number of aromatic nitrogens is 1. The lowest BCUT2D eigenvalue weighted by molar-refractivity contribution is 0.112. The van der Waals surface area contributed by atoms with Gasteiger partial charge in [-0.1, -0.05) is 0 Å². The van der Waals surface area contributed by atoms with Gasteiger partial charge in [-0.05, 0) is 12.8 Å². The molecule has 1 fully saturated rings. The predicted octanol–water partition coefficient (Wildman–Crippen LogP) is 2.16. The number of rotatable bonds is 2. The quantitative estimate of drug-likeness (QED) is 0.758. The third kappa shape index (κ3) is 2.27. The van der Waals surface area contributed by atoms with Crippen molar-refractivity contribution < 1.29 is 19.0 Å². The van der Waals surface area contributed by atoms with Crippen molar-refractivity contribution in [1.82, 2.24) is 4.98 Å². The van der Waals surface area contributed by atoms with Crippen molar-refractivity contribution in [1.29, 1.82) is 0 Å². The number of hydrogen-bond acceptors (Lipinski definition) is 3. The van der Waals surface area contributed by atoms with Crippen molar-refractivity contribution in [3.05, 3.63) is 23.8 Å². The Kier molecular flexibility index (Phi) is 3.00. The highest BCUT2D eigenvalue weighted by Gasteiger charge is 2.22. The lowest BCUT2D eigenvalue weighted by atomic mass is 10.1. The van der Waals surface area contributed by atoms with Crippen LogP contribution in [0.2, 0.25) is 0 Å². The molecule has 0 unspecified atom stereocenters. The van der Waals surface area contributed by atoms with Crippen LogP contribution < -0.4 is 5.32 Å². The smallest absolute Gasteiger partial charge is 0.409 e. The number of ether oxygens (including phenoxy) is 1. The van der Waals surface area contributed by atoms with E-state index in [2.05, 4.69) is 10.3 Å². The zero-order chi connectivity index (χ0) is 11.5. The maximum atomic E-state index is 13.0. The highest BCUT2D eigenvalue weighted by atomic mass is 19.1. The van der Waals surface area contributed by atoms with Crippen LogP contribution in [0.1, 0.15) is 24.5 Å². The number of amides is 1. The Morgan fingerprint density at radius 3 is 3.12 bits per heavy atom. The molecular formula is C10H11FN2O3. The van der Waals surface area contributed by atoms with Crippen LogP contribution in [0.4, 0.5) is 14.9 Å². The van der Waals surface area contributed by atoms with Gasteiger partial charge in [-0.25, -0.2) is 9.78 Å². The highest BCUT2D eigenvalue weighted by Crippen LogP contribution is 2.33. The minimum Gasteiger partial charge on any atom is -0.465 e. The first kappa shape index (κ1) is 10.8. The van der Waals surface area contributed by atoms with Gasteiger partial charge in [0.05, 0.1) is 18.0 Å². The zero-order valence-electron chi connectivity index (χ0n) is 8.44. The maximum absolute atomic E-state index is 13.0. The summed E-state index contributed by atoms with van der Waals surface area (Å²) in [5.74, 6) is -0.638. The standard InChI is InChI=1S/C10H11FN2O3/c11-9-4-6(8-2-1-3-16-8)7(5-12-9)13-10(14)15/h4-5,8,13H,1-3H2,(H,14,15)/t8-/m0/s1. The second-order valence-electron chi connectivity index (χ2n) is 3.53. The maximum Gasteiger partial charge on any atom is 0.409 e. The van der Waals surface area contributed by atoms with Crippen LogP contribution in [0.15, 0.2) is 12.3 Å². The van der Waals surface area contributed by atoms with Crippen molar-refractivity contribution in [3.8, 4) is 0 Å². The molecule has 1 aliphatic heterocycles. The monoisotopic (exact) mass is 226 g/mol. The highest BCUT2D eigenvalue weighted by molar-refractivity contribution is 5.83. The Hall–Kier alpha value is -1.69. The molecule has 0 spiro atoms. The molecular weight excluding hydrogens is 215 g/mol. The van der Waals surface area contributed by atoms with E-state index in [9.17, 15) is 9.18 Å². The Balaban J connectivity index is 2.31. The molecule has 0 saturated carbocycles. The fourth-order valence-electron chi connectivity index (χ4n) is 1.75. The van der Waals surface area contributed by atoms with Gasteiger partial charge in [0.1, 0.15) is 0 Å². The third-order valence-electron chi connectivity index (χ3n) is 2.42. The minimum atomic E-state index is -1.20. The topological polar surface area (TPSA) is 71.5 Å². The molecule has 0 aliphatic carbocycles. The lowest BCUT2D eigenvalue weighted by Gasteiger charge is -2.14. The summed E-state index contributed by atoms with van der Waals surface area (Å²) in [6.07, 6.45) is 1.37. The van der Waals surface area contributed by atoms with Crippen molar-refractivity contribution in [2.75, 3.05) is 11.9 Å². The second-order valence-corrected chi connectivity index (χ2v) is 3.53. The van der Waals surface area contributed by atoms with Crippen LogP contribution in [0, 0.1) is 5.95 Å². The Morgan fingerprint density at radius 1 is 1.69 bits per heavy atom. The molecule has 1 saturated heterocycles. The van der Waals surface area contributed by atoms with E-state index in [1.807, 2.05) is 0 Å². The van der Waals surface area contributed by atoms with E-state index in [1.54, 1.807) is 0 Å². The molecule has 0 bridgehead atoms. The summed E-state index contributed by atoms with van der Waals surface area (Å²) in [6, 6.07) is 1.21. The molecule has 1 amide bonds. The summed E-state index contributed by atoms with van der Waals surface area (Å²) in [5, 5.41) is 10.8. The van der Waals surface area contributed by atoms with Gasteiger partial charge >= 0.3 is 6.09 Å². The first-order chi connectivity index (χ1) is 7.66. The average molecular weight is 226 g/mol. The van der Waals surface area contributed by atoms with Crippen LogP contribution >= 0.6 is 0 Å². The number of hydrogen-bond donors (Lipinski definition) is 2. The summed E-state index contributed by atoms with van der Waals surface area (Å²) >= 11 is 0. The van der Waals surface area contributed by atoms with Crippen LogP contribution in [0.3, 0.4) is 0 Å². The van der Waals surface area contributed by atoms with E-state index in [0.29, 0.717) is 12.2 Å². The van der Waals surface area contributed by atoms with Gasteiger partial charge in [-0.15, -0.1) is 0 Å². The second kappa shape index (κ2) is 4.44. The zero-order valence-corrected chi connectivity index (χ0v) is 8.44. The van der Waals surface area contributed by atoms with Crippen molar-refractivity contribution in [2.24, 2.45) is 0 Å². The number of nitrogens with zero attached hydrogens (tertiary/aromatic N) is 1. The number of nitrogens with one attached hydrogen (secondary N) is 1. The minimum absolute atomic E-state index is 0.251. The van der Waals surface area contributed by atoms with Crippen molar-refractivity contribution in [3.63, 3.8) is 0 Å². The fourth-order valence-corrected chi connectivity index (χ4v) is 1.75. The summed E-state index contributed by atoms with van der Waals surface area (Å²) < 4.78 is 18.4. The normalized spacial score (nSPS) is 19.7. The summed E-state index contributed by atoms with van der Waals surface area (Å²) in [5.41, 5.74) is 0.785. The predicted molar refractivity (Wildman–Crippen MR) is 53.8 cm³/mol. The number of carbonyl (C=O) groups is 1. The molecule has 1 aromatic heterocycles. The molecule has 1 atom stereocenters. The SMILES string of the molecule is O=C(O)Nc1cnc(F)cc1[C@@H]1CCCO1. The third-order valence-corrected chi connectivity index (χ3v) is 2.42. The van der Waals surface area contributed by atoms with Crippen LogP contribution in [-0.2, 0) is 4.74 Å². The van der Waals surface area contributed by atoms with E-state index in [1.165, 1.54) is 12.3 Å². The summed E-state index contributed by atoms with van der Waals surface area (Å²) in [7, 11) is 0. The number of halogens is 1. The molecule has 2 heterocycles. The van der Waals surface area contributed by atoms with Gasteiger partial charge in [0.15, 0.2) is 0 Å². The Labute approximate surface area is 91.3 Å². The van der Waals surface area contributed by atoms with Gasteiger partial charge in [0.25, 0.3) is 0 Å². The summed E-state index contributed by atoms with van der Waals surface area (Å²) in [6.45, 7) is 0.612. The van der Waals surface area contributed by atoms with Crippen molar-refractivity contribution >= 4 is 11.8 Å². The molecule has 0 aromatic carbocycles. The molecule has 2 rings (SSSR count). The molecule has 1 aromatic rings. The van der Waals surface area contributed by atoms with Gasteiger partial charge in [-0.3, -0.25) is 5.32 Å². The Morgan fingerprint density at radius 2 is 2.50 bits per heavy atom. The average Bonchev–Trinajstić information content (AvgIpc) is 2.73. The lowest BCUT2D eigenvalue weighted by Crippen LogP contribution is -2.12. The molecule has 16 heavy (non-hydrogen) atoms. The van der Waals surface area contributed by atoms with E-state index >= 15 is 0 Å². The molecule has 86 valence electrons. The van der Waals surface area contributed by atoms with Gasteiger partial charge in [-0.2, -0.15) is 4.39 Å². The number of carboxylic acid groups (broad SMARTS) is 1. The first-order valence-corrected chi connectivity index (χ1v) is 4.94. The van der Waals surface area contributed by atoms with E-state index in [0.717, 1.165) is 12.8 Å². The largest absolute Gasteiger partial charge is 0.465 e. The molecule has 5 nitrogen and oxygen atoms in total. The first-order valence-electron chi connectivity index (χ1n) is 4.94. The molecule has 0 radical (unpaired) electrons. The number of anilines is 1. The molecule has 1 aliphatic rings. The van der Waals surface area contributed by atoms with Crippen LogP contribution in [-0.4, -0.2) is 22.8 Å². The fraction of sp³-hybridized carbons (Fsp3) is 0.400. The van der Waals surface area contributed by atoms with E-state index in [4.69, 9.17) is 9.84 Å².